The van der Waals surface area contributed by atoms with E-state index < -0.39 is 15.5 Å². The smallest absolute Gasteiger partial charge is 0.334 e. The maximum atomic E-state index is 11.6. The van der Waals surface area contributed by atoms with Crippen molar-refractivity contribution in [2.45, 2.75) is 0 Å². The number of anilines is 4. The molecule has 2 aromatic carbocycles. The van der Waals surface area contributed by atoms with Crippen molar-refractivity contribution < 1.29 is 9.85 Å². The number of rotatable bonds is 6. The van der Waals surface area contributed by atoms with Gasteiger partial charge in [-0.25, -0.2) is 9.97 Å². The minimum absolute atomic E-state index is 0.0914. The first-order chi connectivity index (χ1) is 13.3. The summed E-state index contributed by atoms with van der Waals surface area (Å²) in [6, 6.07) is 10.1. The van der Waals surface area contributed by atoms with Crippen molar-refractivity contribution in [3.05, 3.63) is 79.1 Å². The molecule has 0 unspecified atom stereocenters. The van der Waals surface area contributed by atoms with E-state index in [2.05, 4.69) is 20.6 Å². The molecule has 28 heavy (non-hydrogen) atoms. The van der Waals surface area contributed by atoms with E-state index >= 15 is 0 Å². The van der Waals surface area contributed by atoms with Crippen molar-refractivity contribution in [2.75, 3.05) is 10.6 Å². The molecule has 3 rings (SSSR count). The second kappa shape index (κ2) is 8.03. The molecule has 0 radical (unpaired) electrons. The Morgan fingerprint density at radius 1 is 0.821 bits per heavy atom. The number of nitrogens with zero attached hydrogens (tertiary/aromatic N) is 4. The number of aromatic nitrogens is 2. The van der Waals surface area contributed by atoms with Crippen molar-refractivity contribution in [2.24, 2.45) is 0 Å². The van der Waals surface area contributed by atoms with Gasteiger partial charge in [0.1, 0.15) is 6.33 Å². The van der Waals surface area contributed by atoms with Crippen LogP contribution in [0.5, 0.6) is 0 Å². The maximum absolute atomic E-state index is 11.6. The van der Waals surface area contributed by atoms with Crippen molar-refractivity contribution >= 4 is 57.6 Å². The molecule has 3 aromatic rings. The zero-order valence-electron chi connectivity index (χ0n) is 13.8. The predicted octanol–water partition coefficient (Wildman–Crippen LogP) is 5.09. The minimum Gasteiger partial charge on any atom is -0.334 e. The van der Waals surface area contributed by atoms with E-state index in [0.29, 0.717) is 10.7 Å². The number of benzene rings is 2. The van der Waals surface area contributed by atoms with Gasteiger partial charge in [-0.1, -0.05) is 29.3 Å². The van der Waals surface area contributed by atoms with Crippen molar-refractivity contribution in [3.8, 4) is 0 Å². The largest absolute Gasteiger partial charge is 0.353 e. The van der Waals surface area contributed by atoms with E-state index in [1.807, 2.05) is 0 Å². The van der Waals surface area contributed by atoms with Crippen molar-refractivity contribution in [1.29, 1.82) is 0 Å². The average molecular weight is 421 g/mol. The van der Waals surface area contributed by atoms with E-state index in [9.17, 15) is 20.2 Å². The third-order valence-electron chi connectivity index (χ3n) is 3.51. The minimum atomic E-state index is -0.667. The van der Waals surface area contributed by atoms with Crippen LogP contribution in [0.25, 0.3) is 0 Å². The van der Waals surface area contributed by atoms with Crippen LogP contribution in [0.2, 0.25) is 10.0 Å². The SMILES string of the molecule is O=[N+]([O-])c1cccc(Nc2ncnc(Nc3ccc(Cl)c(Cl)c3)c2[N+](=O)[O-])c1. The lowest BCUT2D eigenvalue weighted by Gasteiger charge is -2.10. The Kier molecular flexibility index (Phi) is 5.52. The van der Waals surface area contributed by atoms with E-state index in [-0.39, 0.29) is 28.0 Å². The van der Waals surface area contributed by atoms with Gasteiger partial charge in [0.25, 0.3) is 5.69 Å². The molecule has 0 saturated heterocycles. The maximum Gasteiger partial charge on any atom is 0.353 e. The highest BCUT2D eigenvalue weighted by atomic mass is 35.5. The lowest BCUT2D eigenvalue weighted by molar-refractivity contribution is -0.384. The van der Waals surface area contributed by atoms with Gasteiger partial charge in [0.2, 0.25) is 11.6 Å². The monoisotopic (exact) mass is 420 g/mol. The summed E-state index contributed by atoms with van der Waals surface area (Å²) in [6.45, 7) is 0. The van der Waals surface area contributed by atoms with Gasteiger partial charge in [0.05, 0.1) is 19.9 Å². The van der Waals surface area contributed by atoms with Crippen LogP contribution in [0, 0.1) is 20.2 Å². The van der Waals surface area contributed by atoms with Gasteiger partial charge in [-0.3, -0.25) is 20.2 Å². The van der Waals surface area contributed by atoms with Gasteiger partial charge in [0, 0.05) is 23.5 Å². The second-order valence-electron chi connectivity index (χ2n) is 5.36. The first-order valence-corrected chi connectivity index (χ1v) is 8.33. The van der Waals surface area contributed by atoms with E-state index in [4.69, 9.17) is 23.2 Å². The van der Waals surface area contributed by atoms with Crippen LogP contribution in [0.15, 0.2) is 48.8 Å². The molecule has 0 fully saturated rings. The van der Waals surface area contributed by atoms with Crippen LogP contribution in [-0.4, -0.2) is 19.8 Å². The topological polar surface area (TPSA) is 136 Å². The summed E-state index contributed by atoms with van der Waals surface area (Å²) in [4.78, 5) is 29.1. The van der Waals surface area contributed by atoms with Crippen LogP contribution in [0.1, 0.15) is 0 Å². The third-order valence-corrected chi connectivity index (χ3v) is 4.25. The summed E-state index contributed by atoms with van der Waals surface area (Å²) in [6.07, 6.45) is 1.12. The van der Waals surface area contributed by atoms with Gasteiger partial charge >= 0.3 is 5.69 Å². The fraction of sp³-hybridized carbons (Fsp3) is 0. The normalized spacial score (nSPS) is 10.4. The summed E-state index contributed by atoms with van der Waals surface area (Å²) >= 11 is 11.8. The molecule has 0 amide bonds. The molecule has 142 valence electrons. The molecular formula is C16H10Cl2N6O4. The van der Waals surface area contributed by atoms with E-state index in [1.165, 1.54) is 36.4 Å². The van der Waals surface area contributed by atoms with Gasteiger partial charge in [-0.2, -0.15) is 0 Å². The van der Waals surface area contributed by atoms with Crippen molar-refractivity contribution in [3.63, 3.8) is 0 Å². The van der Waals surface area contributed by atoms with Crippen LogP contribution in [0.4, 0.5) is 34.4 Å². The van der Waals surface area contributed by atoms with Gasteiger partial charge in [0.15, 0.2) is 0 Å². The number of hydrogen-bond acceptors (Lipinski definition) is 8. The number of nitrogens with one attached hydrogen (secondary N) is 2. The van der Waals surface area contributed by atoms with Gasteiger partial charge in [-0.15, -0.1) is 0 Å². The molecule has 10 nitrogen and oxygen atoms in total. The van der Waals surface area contributed by atoms with Crippen LogP contribution < -0.4 is 10.6 Å². The molecule has 2 N–H and O–H groups in total. The lowest BCUT2D eigenvalue weighted by atomic mass is 10.2. The van der Waals surface area contributed by atoms with E-state index in [0.717, 1.165) is 6.33 Å². The quantitative estimate of drug-likeness (QED) is 0.415. The highest BCUT2D eigenvalue weighted by Crippen LogP contribution is 2.34. The highest BCUT2D eigenvalue weighted by molar-refractivity contribution is 6.42. The fourth-order valence-electron chi connectivity index (χ4n) is 2.28. The summed E-state index contributed by atoms with van der Waals surface area (Å²) < 4.78 is 0. The Bertz CT molecular complexity index is 1080. The standard InChI is InChI=1S/C16H10Cl2N6O4/c17-12-5-4-10(7-13(12)18)22-16-14(24(27)28)15(19-8-20-16)21-9-2-1-3-11(6-9)23(25)26/h1-8H,(H2,19,20,21,22). The third kappa shape index (κ3) is 4.24. The zero-order chi connectivity index (χ0) is 20.3. The molecule has 12 heteroatoms. The molecule has 1 heterocycles. The molecular weight excluding hydrogens is 411 g/mol. The van der Waals surface area contributed by atoms with E-state index in [1.54, 1.807) is 6.07 Å². The first-order valence-electron chi connectivity index (χ1n) is 7.58. The number of nitro groups is 2. The Morgan fingerprint density at radius 3 is 2.04 bits per heavy atom. The Morgan fingerprint density at radius 2 is 1.46 bits per heavy atom. The van der Waals surface area contributed by atoms with Crippen LogP contribution in [0.3, 0.4) is 0 Å². The van der Waals surface area contributed by atoms with Gasteiger partial charge in [-0.05, 0) is 24.3 Å². The molecule has 0 aliphatic carbocycles. The first kappa shape index (κ1) is 19.3. The number of nitro benzene ring substituents is 1. The summed E-state index contributed by atoms with van der Waals surface area (Å²) in [5.41, 5.74) is 0.0740. The molecule has 0 atom stereocenters. The summed E-state index contributed by atoms with van der Waals surface area (Å²) in [5.74, 6) is -0.227. The molecule has 0 spiro atoms. The Labute approximate surface area is 167 Å². The van der Waals surface area contributed by atoms with Gasteiger partial charge < -0.3 is 10.6 Å². The lowest BCUT2D eigenvalue weighted by Crippen LogP contribution is -2.05. The Hall–Kier alpha value is -3.50. The summed E-state index contributed by atoms with van der Waals surface area (Å²) in [5, 5.41) is 28.6. The Balaban J connectivity index is 1.97. The zero-order valence-corrected chi connectivity index (χ0v) is 15.3. The predicted molar refractivity (Wildman–Crippen MR) is 105 cm³/mol. The number of hydrogen-bond donors (Lipinski definition) is 2. The molecule has 0 aliphatic heterocycles. The molecule has 0 bridgehead atoms. The van der Waals surface area contributed by atoms with Crippen LogP contribution in [-0.2, 0) is 0 Å². The molecule has 0 aliphatic rings. The summed E-state index contributed by atoms with van der Waals surface area (Å²) in [7, 11) is 0. The second-order valence-corrected chi connectivity index (χ2v) is 6.18. The molecule has 0 saturated carbocycles. The highest BCUT2D eigenvalue weighted by Gasteiger charge is 2.24. The van der Waals surface area contributed by atoms with Crippen LogP contribution >= 0.6 is 23.2 Å². The average Bonchev–Trinajstić information content (AvgIpc) is 2.65. The fourth-order valence-corrected chi connectivity index (χ4v) is 2.58. The van der Waals surface area contributed by atoms with Crippen molar-refractivity contribution in [1.82, 2.24) is 9.97 Å². The number of halogens is 2. The molecule has 1 aromatic heterocycles. The number of non-ortho nitro benzene ring substituents is 1.